The van der Waals surface area contributed by atoms with Crippen molar-refractivity contribution in [3.05, 3.63) is 28.8 Å². The van der Waals surface area contributed by atoms with Crippen molar-refractivity contribution < 1.29 is 14.6 Å². The molecular weight excluding hydrogens is 230 g/mol. The molecule has 0 saturated carbocycles. The van der Waals surface area contributed by atoms with Crippen molar-refractivity contribution in [2.75, 3.05) is 13.7 Å². The SMILES string of the molecule is CNC(C)(COc1cc(C)cc(C)c1C)C(=O)O. The van der Waals surface area contributed by atoms with E-state index in [0.29, 0.717) is 0 Å². The summed E-state index contributed by atoms with van der Waals surface area (Å²) in [6.45, 7) is 7.68. The van der Waals surface area contributed by atoms with Crippen LogP contribution in [0.25, 0.3) is 0 Å². The third-order valence-corrected chi connectivity index (χ3v) is 3.30. The van der Waals surface area contributed by atoms with E-state index in [1.54, 1.807) is 14.0 Å². The Morgan fingerprint density at radius 3 is 2.50 bits per heavy atom. The van der Waals surface area contributed by atoms with E-state index < -0.39 is 11.5 Å². The van der Waals surface area contributed by atoms with Crippen LogP contribution in [-0.2, 0) is 4.79 Å². The average Bonchev–Trinajstić information content (AvgIpc) is 2.31. The quantitative estimate of drug-likeness (QED) is 0.841. The normalized spacial score (nSPS) is 14.1. The van der Waals surface area contributed by atoms with Crippen molar-refractivity contribution >= 4 is 5.97 Å². The Morgan fingerprint density at radius 2 is 2.00 bits per heavy atom. The van der Waals surface area contributed by atoms with E-state index in [4.69, 9.17) is 9.84 Å². The number of likely N-dealkylation sites (N-methyl/N-ethyl adjacent to an activating group) is 1. The van der Waals surface area contributed by atoms with Gasteiger partial charge in [0.15, 0.2) is 0 Å². The molecule has 1 unspecified atom stereocenters. The molecule has 0 aliphatic heterocycles. The second-order valence-corrected chi connectivity index (χ2v) is 4.88. The van der Waals surface area contributed by atoms with Gasteiger partial charge in [-0.15, -0.1) is 0 Å². The van der Waals surface area contributed by atoms with Crippen LogP contribution in [0.5, 0.6) is 5.75 Å². The summed E-state index contributed by atoms with van der Waals surface area (Å²) in [4.78, 5) is 11.1. The first-order valence-corrected chi connectivity index (χ1v) is 5.93. The molecule has 1 atom stereocenters. The summed E-state index contributed by atoms with van der Waals surface area (Å²) in [5.74, 6) is -0.178. The van der Waals surface area contributed by atoms with Crippen LogP contribution in [0, 0.1) is 20.8 Å². The lowest BCUT2D eigenvalue weighted by atomic mass is 10.0. The van der Waals surface area contributed by atoms with E-state index in [1.807, 2.05) is 26.8 Å². The van der Waals surface area contributed by atoms with Crippen molar-refractivity contribution in [1.29, 1.82) is 0 Å². The number of carboxylic acid groups (broad SMARTS) is 1. The van der Waals surface area contributed by atoms with Gasteiger partial charge in [0.25, 0.3) is 0 Å². The summed E-state index contributed by atoms with van der Waals surface area (Å²) in [5.41, 5.74) is 2.22. The summed E-state index contributed by atoms with van der Waals surface area (Å²) < 4.78 is 5.67. The summed E-state index contributed by atoms with van der Waals surface area (Å²) in [6, 6.07) is 4.01. The van der Waals surface area contributed by atoms with Gasteiger partial charge in [-0.05, 0) is 57.5 Å². The van der Waals surface area contributed by atoms with E-state index in [-0.39, 0.29) is 6.61 Å². The number of ether oxygens (including phenoxy) is 1. The second kappa shape index (κ2) is 5.40. The number of nitrogens with one attached hydrogen (secondary N) is 1. The monoisotopic (exact) mass is 251 g/mol. The molecule has 4 nitrogen and oxygen atoms in total. The number of benzene rings is 1. The first-order chi connectivity index (χ1) is 8.30. The molecule has 0 aliphatic rings. The molecule has 4 heteroatoms. The number of rotatable bonds is 5. The Bertz CT molecular complexity index is 457. The summed E-state index contributed by atoms with van der Waals surface area (Å²) in [5, 5.41) is 11.9. The molecule has 0 heterocycles. The minimum atomic E-state index is -1.08. The lowest BCUT2D eigenvalue weighted by molar-refractivity contribution is -0.145. The topological polar surface area (TPSA) is 58.6 Å². The molecule has 100 valence electrons. The van der Waals surface area contributed by atoms with Crippen LogP contribution in [0.1, 0.15) is 23.6 Å². The Balaban J connectivity index is 2.90. The first-order valence-electron chi connectivity index (χ1n) is 5.93. The molecule has 0 fully saturated rings. The van der Waals surface area contributed by atoms with Gasteiger partial charge in [-0.1, -0.05) is 6.07 Å². The van der Waals surface area contributed by atoms with Gasteiger partial charge >= 0.3 is 5.97 Å². The van der Waals surface area contributed by atoms with Crippen molar-refractivity contribution in [3.63, 3.8) is 0 Å². The largest absolute Gasteiger partial charge is 0.491 e. The number of hydrogen-bond acceptors (Lipinski definition) is 3. The zero-order valence-electron chi connectivity index (χ0n) is 11.6. The predicted molar refractivity (Wildman–Crippen MR) is 71.2 cm³/mol. The molecule has 0 bridgehead atoms. The molecule has 1 aromatic rings. The van der Waals surface area contributed by atoms with E-state index in [2.05, 4.69) is 11.4 Å². The molecule has 2 N–H and O–H groups in total. The molecular formula is C14H21NO3. The molecule has 18 heavy (non-hydrogen) atoms. The van der Waals surface area contributed by atoms with Gasteiger partial charge in [0.2, 0.25) is 0 Å². The Morgan fingerprint density at radius 1 is 1.39 bits per heavy atom. The molecule has 1 rings (SSSR count). The summed E-state index contributed by atoms with van der Waals surface area (Å²) in [6.07, 6.45) is 0. The second-order valence-electron chi connectivity index (χ2n) is 4.88. The van der Waals surface area contributed by atoms with Gasteiger partial charge in [-0.2, -0.15) is 0 Å². The van der Waals surface area contributed by atoms with Crippen molar-refractivity contribution in [2.45, 2.75) is 33.2 Å². The smallest absolute Gasteiger partial charge is 0.327 e. The van der Waals surface area contributed by atoms with Gasteiger partial charge in [0, 0.05) is 0 Å². The fourth-order valence-corrected chi connectivity index (χ4v) is 1.61. The number of aryl methyl sites for hydroxylation is 2. The molecule has 0 amide bonds. The van der Waals surface area contributed by atoms with Crippen LogP contribution < -0.4 is 10.1 Å². The van der Waals surface area contributed by atoms with Gasteiger partial charge in [-0.25, -0.2) is 0 Å². The van der Waals surface area contributed by atoms with Gasteiger partial charge in [0.05, 0.1) is 0 Å². The minimum Gasteiger partial charge on any atom is -0.491 e. The maximum absolute atomic E-state index is 11.1. The van der Waals surface area contributed by atoms with Crippen LogP contribution in [0.2, 0.25) is 0 Å². The fourth-order valence-electron chi connectivity index (χ4n) is 1.61. The molecule has 0 aliphatic carbocycles. The number of aliphatic carboxylic acids is 1. The Hall–Kier alpha value is -1.55. The fraction of sp³-hybridized carbons (Fsp3) is 0.500. The van der Waals surface area contributed by atoms with Crippen LogP contribution in [0.4, 0.5) is 0 Å². The number of carboxylic acids is 1. The number of carbonyl (C=O) groups is 1. The van der Waals surface area contributed by atoms with Crippen LogP contribution in [0.3, 0.4) is 0 Å². The lowest BCUT2D eigenvalue weighted by Gasteiger charge is -2.25. The molecule has 0 saturated heterocycles. The highest BCUT2D eigenvalue weighted by Gasteiger charge is 2.32. The lowest BCUT2D eigenvalue weighted by Crippen LogP contribution is -2.52. The van der Waals surface area contributed by atoms with E-state index in [9.17, 15) is 4.79 Å². The standard InChI is InChI=1S/C14H21NO3/c1-9-6-10(2)11(3)12(7-9)18-8-14(4,15-5)13(16)17/h6-7,15H,8H2,1-5H3,(H,16,17). The number of hydrogen-bond donors (Lipinski definition) is 2. The molecule has 1 aromatic carbocycles. The van der Waals surface area contributed by atoms with E-state index >= 15 is 0 Å². The third kappa shape index (κ3) is 3.01. The van der Waals surface area contributed by atoms with E-state index in [0.717, 1.165) is 22.4 Å². The van der Waals surface area contributed by atoms with Crippen molar-refractivity contribution in [1.82, 2.24) is 5.32 Å². The maximum Gasteiger partial charge on any atom is 0.327 e. The molecule has 0 aromatic heterocycles. The van der Waals surface area contributed by atoms with Crippen molar-refractivity contribution in [2.24, 2.45) is 0 Å². The zero-order valence-corrected chi connectivity index (χ0v) is 11.6. The summed E-state index contributed by atoms with van der Waals surface area (Å²) in [7, 11) is 1.62. The average molecular weight is 251 g/mol. The predicted octanol–water partition coefficient (Wildman–Crippen LogP) is 2.05. The van der Waals surface area contributed by atoms with Crippen molar-refractivity contribution in [3.8, 4) is 5.75 Å². The highest BCUT2D eigenvalue weighted by Crippen LogP contribution is 2.24. The van der Waals surface area contributed by atoms with Gasteiger partial charge < -0.3 is 15.2 Å². The van der Waals surface area contributed by atoms with Crippen LogP contribution in [-0.4, -0.2) is 30.3 Å². The maximum atomic E-state index is 11.1. The highest BCUT2D eigenvalue weighted by atomic mass is 16.5. The van der Waals surface area contributed by atoms with E-state index in [1.165, 1.54) is 0 Å². The highest BCUT2D eigenvalue weighted by molar-refractivity contribution is 5.78. The zero-order chi connectivity index (χ0) is 13.9. The molecule has 0 spiro atoms. The third-order valence-electron chi connectivity index (χ3n) is 3.30. The minimum absolute atomic E-state index is 0.0859. The van der Waals surface area contributed by atoms with Gasteiger partial charge in [-0.3, -0.25) is 4.79 Å². The van der Waals surface area contributed by atoms with Gasteiger partial charge in [0.1, 0.15) is 17.9 Å². The summed E-state index contributed by atoms with van der Waals surface area (Å²) >= 11 is 0. The van der Waals surface area contributed by atoms with Crippen LogP contribution >= 0.6 is 0 Å². The van der Waals surface area contributed by atoms with Crippen LogP contribution in [0.15, 0.2) is 12.1 Å². The molecule has 0 radical (unpaired) electrons. The first kappa shape index (κ1) is 14.5. The Labute approximate surface area is 108 Å². The Kier molecular flexibility index (Phi) is 4.35.